The molecule has 3 nitrogen and oxygen atoms in total. The molecule has 0 atom stereocenters. The minimum Gasteiger partial charge on any atom is -0.286 e. The molecule has 1 amide bonds. The molecule has 26 heavy (non-hydrogen) atoms. The molecule has 0 radical (unpaired) electrons. The number of thiophene rings is 1. The Morgan fingerprint density at radius 1 is 1.19 bits per heavy atom. The summed E-state index contributed by atoms with van der Waals surface area (Å²) in [7, 11) is 0. The molecule has 1 aliphatic rings. The molecular formula is C20H21ClN2OS2. The van der Waals surface area contributed by atoms with Crippen LogP contribution in [-0.4, -0.2) is 22.5 Å². The van der Waals surface area contributed by atoms with E-state index >= 15 is 0 Å². The number of nitrogens with zero attached hydrogens (tertiary/aromatic N) is 2. The van der Waals surface area contributed by atoms with Gasteiger partial charge in [-0.25, -0.2) is 4.99 Å². The predicted molar refractivity (Wildman–Crippen MR) is 114 cm³/mol. The third-order valence-electron chi connectivity index (χ3n) is 3.79. The Bertz CT molecular complexity index is 853. The Kier molecular flexibility index (Phi) is 6.22. The molecular weight excluding hydrogens is 384 g/mol. The highest BCUT2D eigenvalue weighted by molar-refractivity contribution is 8.18. The van der Waals surface area contributed by atoms with Crippen LogP contribution in [0.25, 0.3) is 6.08 Å². The van der Waals surface area contributed by atoms with Crippen molar-refractivity contribution in [1.29, 1.82) is 0 Å². The maximum Gasteiger partial charge on any atom is 0.266 e. The van der Waals surface area contributed by atoms with E-state index < -0.39 is 0 Å². The highest BCUT2D eigenvalue weighted by Crippen LogP contribution is 2.35. The quantitative estimate of drug-likeness (QED) is 0.554. The standard InChI is InChI=1S/C20H21ClN2OS2/c1-4-16-9-10-17(25-16)11-18-19(24)23(12-13(2)3)20(26-18)22-15-7-5-14(21)6-8-15/h5-11,13H,4,12H2,1-3H3/b18-11-,22-20?. The molecule has 136 valence electrons. The zero-order chi connectivity index (χ0) is 18.7. The van der Waals surface area contributed by atoms with Crippen molar-refractivity contribution in [3.05, 3.63) is 56.1 Å². The van der Waals surface area contributed by atoms with Crippen LogP contribution in [0.15, 0.2) is 46.3 Å². The summed E-state index contributed by atoms with van der Waals surface area (Å²) in [5, 5.41) is 1.40. The first-order chi connectivity index (χ1) is 12.5. The van der Waals surface area contributed by atoms with Crippen molar-refractivity contribution >= 4 is 57.5 Å². The first-order valence-electron chi connectivity index (χ1n) is 8.60. The van der Waals surface area contributed by atoms with Crippen LogP contribution in [-0.2, 0) is 11.2 Å². The molecule has 0 bridgehead atoms. The molecule has 6 heteroatoms. The Morgan fingerprint density at radius 3 is 2.54 bits per heavy atom. The third kappa shape index (κ3) is 4.58. The second kappa shape index (κ2) is 8.42. The molecule has 1 fully saturated rings. The van der Waals surface area contributed by atoms with Gasteiger partial charge in [0, 0.05) is 21.3 Å². The smallest absolute Gasteiger partial charge is 0.266 e. The third-order valence-corrected chi connectivity index (χ3v) is 6.23. The Balaban J connectivity index is 1.92. The number of amides is 1. The lowest BCUT2D eigenvalue weighted by atomic mass is 10.2. The summed E-state index contributed by atoms with van der Waals surface area (Å²) in [6.07, 6.45) is 2.99. The fourth-order valence-corrected chi connectivity index (χ4v) is 4.63. The van der Waals surface area contributed by atoms with Gasteiger partial charge in [-0.2, -0.15) is 0 Å². The van der Waals surface area contributed by atoms with E-state index in [0.29, 0.717) is 17.5 Å². The van der Waals surface area contributed by atoms with Crippen molar-refractivity contribution in [2.24, 2.45) is 10.9 Å². The minimum atomic E-state index is 0.0304. The van der Waals surface area contributed by atoms with Gasteiger partial charge in [-0.3, -0.25) is 9.69 Å². The number of aliphatic imine (C=N–C) groups is 1. The number of aryl methyl sites for hydroxylation is 1. The summed E-state index contributed by atoms with van der Waals surface area (Å²) in [5.41, 5.74) is 0.795. The number of rotatable bonds is 5. The predicted octanol–water partition coefficient (Wildman–Crippen LogP) is 6.22. The SMILES string of the molecule is CCc1ccc(/C=C2\SC(=Nc3ccc(Cl)cc3)N(CC(C)C)C2=O)s1. The molecule has 1 aromatic heterocycles. The van der Waals surface area contributed by atoms with Crippen LogP contribution in [0.3, 0.4) is 0 Å². The van der Waals surface area contributed by atoms with Gasteiger partial charge in [-0.1, -0.05) is 32.4 Å². The lowest BCUT2D eigenvalue weighted by Gasteiger charge is -2.17. The van der Waals surface area contributed by atoms with E-state index in [1.54, 1.807) is 16.2 Å². The molecule has 2 heterocycles. The zero-order valence-corrected chi connectivity index (χ0v) is 17.4. The van der Waals surface area contributed by atoms with Crippen LogP contribution in [0.4, 0.5) is 5.69 Å². The first-order valence-corrected chi connectivity index (χ1v) is 10.6. The second-order valence-corrected chi connectivity index (χ2v) is 9.09. The van der Waals surface area contributed by atoms with E-state index in [-0.39, 0.29) is 5.91 Å². The first kappa shape index (κ1) is 19.2. The van der Waals surface area contributed by atoms with E-state index in [9.17, 15) is 4.79 Å². The molecule has 1 aromatic carbocycles. The zero-order valence-electron chi connectivity index (χ0n) is 15.0. The highest BCUT2D eigenvalue weighted by atomic mass is 35.5. The van der Waals surface area contributed by atoms with Gasteiger partial charge in [0.25, 0.3) is 5.91 Å². The lowest BCUT2D eigenvalue weighted by Crippen LogP contribution is -2.32. The fraction of sp³-hybridized carbons (Fsp3) is 0.300. The van der Waals surface area contributed by atoms with Crippen LogP contribution in [0, 0.1) is 5.92 Å². The monoisotopic (exact) mass is 404 g/mol. The molecule has 0 aliphatic carbocycles. The molecule has 0 N–H and O–H groups in total. The number of halogens is 1. The van der Waals surface area contributed by atoms with Crippen molar-refractivity contribution in [3.63, 3.8) is 0 Å². The van der Waals surface area contributed by atoms with E-state index in [0.717, 1.165) is 27.1 Å². The number of benzene rings is 1. The van der Waals surface area contributed by atoms with Gasteiger partial charge in [0.2, 0.25) is 0 Å². The van der Waals surface area contributed by atoms with Gasteiger partial charge >= 0.3 is 0 Å². The summed E-state index contributed by atoms with van der Waals surface area (Å²) in [5.74, 6) is 0.394. The van der Waals surface area contributed by atoms with Crippen molar-refractivity contribution in [1.82, 2.24) is 4.90 Å². The van der Waals surface area contributed by atoms with Gasteiger partial charge < -0.3 is 0 Å². The molecule has 3 rings (SSSR count). The van der Waals surface area contributed by atoms with Crippen LogP contribution in [0.1, 0.15) is 30.5 Å². The van der Waals surface area contributed by atoms with Gasteiger partial charge in [0.05, 0.1) is 10.6 Å². The number of amidine groups is 1. The van der Waals surface area contributed by atoms with E-state index in [1.807, 2.05) is 30.3 Å². The van der Waals surface area contributed by atoms with Crippen molar-refractivity contribution < 1.29 is 4.79 Å². The molecule has 0 unspecified atom stereocenters. The van der Waals surface area contributed by atoms with Gasteiger partial charge in [-0.15, -0.1) is 11.3 Å². The maximum atomic E-state index is 12.9. The second-order valence-electron chi connectivity index (χ2n) is 6.45. The Hall–Kier alpha value is -1.56. The van der Waals surface area contributed by atoms with E-state index in [1.165, 1.54) is 16.6 Å². The van der Waals surface area contributed by atoms with Gasteiger partial charge in [0.15, 0.2) is 5.17 Å². The summed E-state index contributed by atoms with van der Waals surface area (Å²) in [6.45, 7) is 7.00. The molecule has 0 saturated carbocycles. The summed E-state index contributed by atoms with van der Waals surface area (Å²) in [4.78, 5) is 22.5. The summed E-state index contributed by atoms with van der Waals surface area (Å²) in [6, 6.07) is 11.5. The summed E-state index contributed by atoms with van der Waals surface area (Å²) >= 11 is 9.12. The molecule has 0 spiro atoms. The van der Waals surface area contributed by atoms with Gasteiger partial charge in [-0.05, 0) is 66.6 Å². The fourth-order valence-electron chi connectivity index (χ4n) is 2.53. The topological polar surface area (TPSA) is 32.7 Å². The van der Waals surface area contributed by atoms with Crippen LogP contribution in [0.5, 0.6) is 0 Å². The average Bonchev–Trinajstić information content (AvgIpc) is 3.17. The van der Waals surface area contributed by atoms with Crippen molar-refractivity contribution in [2.45, 2.75) is 27.2 Å². The molecule has 2 aromatic rings. The van der Waals surface area contributed by atoms with E-state index in [2.05, 4.69) is 37.9 Å². The molecule has 1 aliphatic heterocycles. The van der Waals surface area contributed by atoms with Crippen LogP contribution < -0.4 is 0 Å². The van der Waals surface area contributed by atoms with E-state index in [4.69, 9.17) is 11.6 Å². The Labute approximate surface area is 167 Å². The minimum absolute atomic E-state index is 0.0304. The number of thioether (sulfide) groups is 1. The van der Waals surface area contributed by atoms with Crippen molar-refractivity contribution in [3.8, 4) is 0 Å². The number of carbonyl (C=O) groups is 1. The largest absolute Gasteiger partial charge is 0.286 e. The average molecular weight is 405 g/mol. The summed E-state index contributed by atoms with van der Waals surface area (Å²) < 4.78 is 0. The number of hydrogen-bond donors (Lipinski definition) is 0. The van der Waals surface area contributed by atoms with Gasteiger partial charge in [0.1, 0.15) is 0 Å². The number of carbonyl (C=O) groups excluding carboxylic acids is 1. The highest BCUT2D eigenvalue weighted by Gasteiger charge is 2.33. The Morgan fingerprint density at radius 2 is 1.92 bits per heavy atom. The lowest BCUT2D eigenvalue weighted by molar-refractivity contribution is -0.122. The molecule has 1 saturated heterocycles. The normalized spacial score (nSPS) is 17.9. The maximum absolute atomic E-state index is 12.9. The number of hydrogen-bond acceptors (Lipinski definition) is 4. The van der Waals surface area contributed by atoms with Crippen LogP contribution >= 0.6 is 34.7 Å². The van der Waals surface area contributed by atoms with Crippen LogP contribution in [0.2, 0.25) is 5.02 Å². The van der Waals surface area contributed by atoms with Crippen molar-refractivity contribution in [2.75, 3.05) is 6.54 Å².